The number of hydrogen-bond acceptors (Lipinski definition) is 2. The second-order valence-electron chi connectivity index (χ2n) is 5.42. The van der Waals surface area contributed by atoms with Crippen LogP contribution in [0, 0.1) is 0 Å². The van der Waals surface area contributed by atoms with Gasteiger partial charge in [0.15, 0.2) is 5.96 Å². The van der Waals surface area contributed by atoms with E-state index in [0.29, 0.717) is 6.54 Å². The van der Waals surface area contributed by atoms with Crippen LogP contribution in [-0.4, -0.2) is 18.4 Å². The highest BCUT2D eigenvalue weighted by molar-refractivity contribution is 5.88. The van der Waals surface area contributed by atoms with Gasteiger partial charge in [0.1, 0.15) is 0 Å². The summed E-state index contributed by atoms with van der Waals surface area (Å²) in [6, 6.07) is 17.9. The number of nitrogens with zero attached hydrogens (tertiary/aromatic N) is 1. The second kappa shape index (κ2) is 9.35. The molecule has 1 amide bonds. The van der Waals surface area contributed by atoms with Crippen LogP contribution >= 0.6 is 0 Å². The molecule has 0 aliphatic heterocycles. The highest BCUT2D eigenvalue weighted by Crippen LogP contribution is 2.11. The monoisotopic (exact) mass is 324 g/mol. The number of carbonyl (C=O) groups is 1. The molecule has 0 aromatic heterocycles. The lowest BCUT2D eigenvalue weighted by atomic mass is 10.2. The summed E-state index contributed by atoms with van der Waals surface area (Å²) in [7, 11) is 0. The third-order valence-corrected chi connectivity index (χ3v) is 3.31. The first-order valence-corrected chi connectivity index (χ1v) is 8.10. The van der Waals surface area contributed by atoms with E-state index in [1.54, 1.807) is 0 Å². The van der Waals surface area contributed by atoms with Crippen molar-refractivity contribution >= 4 is 17.6 Å². The molecule has 0 saturated carbocycles. The number of aliphatic imine (C=N–C) groups is 1. The van der Waals surface area contributed by atoms with Crippen LogP contribution in [0.5, 0.6) is 0 Å². The van der Waals surface area contributed by atoms with Crippen LogP contribution in [0.3, 0.4) is 0 Å². The van der Waals surface area contributed by atoms with Gasteiger partial charge < -0.3 is 16.0 Å². The molecule has 0 radical (unpaired) electrons. The molecule has 2 rings (SSSR count). The zero-order valence-corrected chi connectivity index (χ0v) is 14.2. The lowest BCUT2D eigenvalue weighted by molar-refractivity contribution is -0.114. The molecule has 0 saturated heterocycles. The highest BCUT2D eigenvalue weighted by atomic mass is 16.1. The maximum atomic E-state index is 11.1. The van der Waals surface area contributed by atoms with Crippen molar-refractivity contribution in [2.75, 3.05) is 11.9 Å². The molecule has 0 fully saturated rings. The Morgan fingerprint density at radius 1 is 1.00 bits per heavy atom. The van der Waals surface area contributed by atoms with Gasteiger partial charge in [-0.1, -0.05) is 42.5 Å². The van der Waals surface area contributed by atoms with Crippen molar-refractivity contribution in [3.05, 3.63) is 65.7 Å². The number of guanidine groups is 1. The van der Waals surface area contributed by atoms with E-state index in [0.717, 1.165) is 30.3 Å². The van der Waals surface area contributed by atoms with Crippen LogP contribution < -0.4 is 16.0 Å². The normalized spacial score (nSPS) is 11.0. The molecule has 126 valence electrons. The molecule has 0 bridgehead atoms. The molecular weight excluding hydrogens is 300 g/mol. The quantitative estimate of drug-likeness (QED) is 0.565. The minimum Gasteiger partial charge on any atom is -0.357 e. The van der Waals surface area contributed by atoms with Crippen molar-refractivity contribution in [2.45, 2.75) is 26.9 Å². The van der Waals surface area contributed by atoms with Crippen molar-refractivity contribution in [3.63, 3.8) is 0 Å². The summed E-state index contributed by atoms with van der Waals surface area (Å²) < 4.78 is 0. The standard InChI is InChI=1S/C19H24N4O/c1-3-20-19(21-13-16-8-5-4-6-9-16)22-14-17-10-7-11-18(12-17)23-15(2)24/h4-12H,3,13-14H2,1-2H3,(H,23,24)(H2,20,21,22). The van der Waals surface area contributed by atoms with E-state index < -0.39 is 0 Å². The Hall–Kier alpha value is -2.82. The summed E-state index contributed by atoms with van der Waals surface area (Å²) in [4.78, 5) is 15.7. The molecule has 24 heavy (non-hydrogen) atoms. The van der Waals surface area contributed by atoms with Crippen molar-refractivity contribution < 1.29 is 4.79 Å². The SMILES string of the molecule is CCNC(=NCc1cccc(NC(C)=O)c1)NCc1ccccc1. The summed E-state index contributed by atoms with van der Waals surface area (Å²) in [5.74, 6) is 0.694. The van der Waals surface area contributed by atoms with Crippen molar-refractivity contribution in [1.29, 1.82) is 0 Å². The number of benzene rings is 2. The Bertz CT molecular complexity index is 683. The van der Waals surface area contributed by atoms with E-state index in [9.17, 15) is 4.79 Å². The van der Waals surface area contributed by atoms with E-state index in [1.165, 1.54) is 12.5 Å². The number of nitrogens with one attached hydrogen (secondary N) is 3. The Balaban J connectivity index is 1.98. The highest BCUT2D eigenvalue weighted by Gasteiger charge is 2.00. The molecule has 0 heterocycles. The van der Waals surface area contributed by atoms with Crippen molar-refractivity contribution in [2.24, 2.45) is 4.99 Å². The van der Waals surface area contributed by atoms with E-state index in [1.807, 2.05) is 49.4 Å². The Morgan fingerprint density at radius 2 is 1.75 bits per heavy atom. The van der Waals surface area contributed by atoms with Crippen LogP contribution in [0.4, 0.5) is 5.69 Å². The van der Waals surface area contributed by atoms with Crippen molar-refractivity contribution in [1.82, 2.24) is 10.6 Å². The van der Waals surface area contributed by atoms with E-state index >= 15 is 0 Å². The van der Waals surface area contributed by atoms with Gasteiger partial charge in [-0.05, 0) is 30.2 Å². The maximum Gasteiger partial charge on any atom is 0.221 e. The predicted molar refractivity (Wildman–Crippen MR) is 98.8 cm³/mol. The molecule has 2 aromatic carbocycles. The Labute approximate surface area is 143 Å². The first-order chi connectivity index (χ1) is 11.7. The first-order valence-electron chi connectivity index (χ1n) is 8.10. The van der Waals surface area contributed by atoms with Crippen LogP contribution in [0.25, 0.3) is 0 Å². The molecule has 2 aromatic rings. The first kappa shape index (κ1) is 17.5. The smallest absolute Gasteiger partial charge is 0.221 e. The summed E-state index contributed by atoms with van der Waals surface area (Å²) in [5.41, 5.74) is 3.03. The van der Waals surface area contributed by atoms with Crippen LogP contribution in [0.1, 0.15) is 25.0 Å². The summed E-state index contributed by atoms with van der Waals surface area (Å²) in [6.45, 7) is 5.60. The second-order valence-corrected chi connectivity index (χ2v) is 5.42. The van der Waals surface area contributed by atoms with Gasteiger partial charge in [-0.15, -0.1) is 0 Å². The van der Waals surface area contributed by atoms with Gasteiger partial charge in [0.25, 0.3) is 0 Å². The van der Waals surface area contributed by atoms with E-state index in [-0.39, 0.29) is 5.91 Å². The van der Waals surface area contributed by atoms with Crippen molar-refractivity contribution in [3.8, 4) is 0 Å². The lowest BCUT2D eigenvalue weighted by Gasteiger charge is -2.11. The fraction of sp³-hybridized carbons (Fsp3) is 0.263. The van der Waals surface area contributed by atoms with E-state index in [2.05, 4.69) is 33.1 Å². The van der Waals surface area contributed by atoms with Gasteiger partial charge in [-0.2, -0.15) is 0 Å². The number of carbonyl (C=O) groups excluding carboxylic acids is 1. The van der Waals surface area contributed by atoms with Gasteiger partial charge in [0.2, 0.25) is 5.91 Å². The topological polar surface area (TPSA) is 65.5 Å². The molecule has 0 aliphatic carbocycles. The molecular formula is C19H24N4O. The summed E-state index contributed by atoms with van der Waals surface area (Å²) in [6.07, 6.45) is 0. The van der Waals surface area contributed by atoms with Gasteiger partial charge in [0.05, 0.1) is 6.54 Å². The summed E-state index contributed by atoms with van der Waals surface area (Å²) in [5, 5.41) is 9.35. The van der Waals surface area contributed by atoms with E-state index in [4.69, 9.17) is 0 Å². The molecule has 5 heteroatoms. The van der Waals surface area contributed by atoms with Gasteiger partial charge in [0, 0.05) is 25.7 Å². The number of anilines is 1. The zero-order chi connectivity index (χ0) is 17.2. The fourth-order valence-electron chi connectivity index (χ4n) is 2.24. The Morgan fingerprint density at radius 3 is 2.46 bits per heavy atom. The predicted octanol–water partition coefficient (Wildman–Crippen LogP) is 2.90. The van der Waals surface area contributed by atoms with Gasteiger partial charge >= 0.3 is 0 Å². The maximum absolute atomic E-state index is 11.1. The Kier molecular flexibility index (Phi) is 6.83. The van der Waals surface area contributed by atoms with Crippen LogP contribution in [-0.2, 0) is 17.9 Å². The number of hydrogen-bond donors (Lipinski definition) is 3. The minimum absolute atomic E-state index is 0.0754. The third kappa shape index (κ3) is 6.12. The van der Waals surface area contributed by atoms with Crippen LogP contribution in [0.15, 0.2) is 59.6 Å². The molecule has 0 aliphatic rings. The lowest BCUT2D eigenvalue weighted by Crippen LogP contribution is -2.36. The molecule has 3 N–H and O–H groups in total. The minimum atomic E-state index is -0.0754. The molecule has 5 nitrogen and oxygen atoms in total. The average molecular weight is 324 g/mol. The zero-order valence-electron chi connectivity index (χ0n) is 14.2. The molecule has 0 unspecified atom stereocenters. The molecule has 0 spiro atoms. The number of amides is 1. The summed E-state index contributed by atoms with van der Waals surface area (Å²) >= 11 is 0. The third-order valence-electron chi connectivity index (χ3n) is 3.31. The van der Waals surface area contributed by atoms with Gasteiger partial charge in [-0.3, -0.25) is 4.79 Å². The fourth-order valence-corrected chi connectivity index (χ4v) is 2.24. The van der Waals surface area contributed by atoms with Gasteiger partial charge in [-0.25, -0.2) is 4.99 Å². The number of rotatable bonds is 6. The average Bonchev–Trinajstić information content (AvgIpc) is 2.58. The molecule has 0 atom stereocenters. The van der Waals surface area contributed by atoms with Crippen LogP contribution in [0.2, 0.25) is 0 Å². The largest absolute Gasteiger partial charge is 0.357 e.